The number of hydrogen-bond donors (Lipinski definition) is 3. The fourth-order valence-corrected chi connectivity index (χ4v) is 3.82. The van der Waals surface area contributed by atoms with Crippen molar-refractivity contribution in [3.05, 3.63) is 53.7 Å². The lowest BCUT2D eigenvalue weighted by atomic mass is 10.1. The van der Waals surface area contributed by atoms with Gasteiger partial charge in [0.1, 0.15) is 11.6 Å². The summed E-state index contributed by atoms with van der Waals surface area (Å²) in [5, 5.41) is 9.47. The molecule has 0 radical (unpaired) electrons. The number of nitrogens with one attached hydrogen (secondary N) is 3. The summed E-state index contributed by atoms with van der Waals surface area (Å²) in [6.45, 7) is 5.33. The summed E-state index contributed by atoms with van der Waals surface area (Å²) in [6.07, 6.45) is 4.50. The van der Waals surface area contributed by atoms with Crippen molar-refractivity contribution < 1.29 is 9.53 Å². The van der Waals surface area contributed by atoms with Crippen molar-refractivity contribution in [1.82, 2.24) is 20.5 Å². The second-order valence-corrected chi connectivity index (χ2v) is 7.93. The molecule has 0 bridgehead atoms. The lowest BCUT2D eigenvalue weighted by molar-refractivity contribution is -0.116. The number of halogens is 1. The van der Waals surface area contributed by atoms with Crippen LogP contribution >= 0.6 is 24.0 Å². The van der Waals surface area contributed by atoms with Crippen LogP contribution in [0.1, 0.15) is 36.4 Å². The van der Waals surface area contributed by atoms with Crippen LogP contribution in [0.5, 0.6) is 5.75 Å². The molecule has 2 aromatic rings. The number of pyridine rings is 1. The minimum atomic E-state index is -0.0874. The summed E-state index contributed by atoms with van der Waals surface area (Å²) >= 11 is 0. The molecule has 1 atom stereocenters. The standard InChI is InChI=1S/C24H34N6O2.HI/c1-18-9-10-22(27-16-18)29-23(31)11-12-26-24(25-2)28-17-21(30-13-4-5-14-30)19-7-6-8-20(15-19)32-3;/h6-10,15-16,21H,4-5,11-14,17H2,1-3H3,(H2,25,26,28)(H,27,29,31);1H. The molecule has 3 rings (SSSR count). The van der Waals surface area contributed by atoms with Gasteiger partial charge in [-0.05, 0) is 62.2 Å². The molecule has 1 fully saturated rings. The maximum atomic E-state index is 12.2. The summed E-state index contributed by atoms with van der Waals surface area (Å²) in [7, 11) is 3.43. The molecule has 33 heavy (non-hydrogen) atoms. The molecule has 3 N–H and O–H groups in total. The van der Waals surface area contributed by atoms with Crippen LogP contribution in [0.25, 0.3) is 0 Å². The molecule has 180 valence electrons. The first-order valence-corrected chi connectivity index (χ1v) is 11.1. The normalized spacial score (nSPS) is 14.8. The van der Waals surface area contributed by atoms with Gasteiger partial charge in [0.25, 0.3) is 0 Å². The maximum Gasteiger partial charge on any atom is 0.227 e. The zero-order valence-electron chi connectivity index (χ0n) is 19.6. The monoisotopic (exact) mass is 566 g/mol. The average Bonchev–Trinajstić information content (AvgIpc) is 3.34. The number of aromatic nitrogens is 1. The first-order valence-electron chi connectivity index (χ1n) is 11.1. The number of hydrogen-bond acceptors (Lipinski definition) is 5. The van der Waals surface area contributed by atoms with E-state index in [9.17, 15) is 4.79 Å². The summed E-state index contributed by atoms with van der Waals surface area (Å²) in [5.74, 6) is 2.02. The molecule has 8 nitrogen and oxygen atoms in total. The number of benzene rings is 1. The molecule has 0 saturated carbocycles. The quantitative estimate of drug-likeness (QED) is 0.245. The van der Waals surface area contributed by atoms with Gasteiger partial charge in [-0.25, -0.2) is 4.98 Å². The van der Waals surface area contributed by atoms with E-state index in [1.54, 1.807) is 26.4 Å². The van der Waals surface area contributed by atoms with Gasteiger partial charge in [0, 0.05) is 32.8 Å². The average molecular weight is 566 g/mol. The Morgan fingerprint density at radius 3 is 2.67 bits per heavy atom. The van der Waals surface area contributed by atoms with Crippen molar-refractivity contribution in [3.63, 3.8) is 0 Å². The Balaban J connectivity index is 0.00000385. The van der Waals surface area contributed by atoms with Crippen LogP contribution in [-0.4, -0.2) is 62.1 Å². The van der Waals surface area contributed by atoms with Gasteiger partial charge in [-0.3, -0.25) is 14.7 Å². The number of aliphatic imine (C=N–C) groups is 1. The molecule has 1 aliphatic rings. The summed E-state index contributed by atoms with van der Waals surface area (Å²) < 4.78 is 5.42. The molecule has 0 aliphatic carbocycles. The van der Waals surface area contributed by atoms with Crippen LogP contribution < -0.4 is 20.7 Å². The smallest absolute Gasteiger partial charge is 0.227 e. The van der Waals surface area contributed by atoms with E-state index in [4.69, 9.17) is 4.74 Å². The van der Waals surface area contributed by atoms with Crippen LogP contribution in [0.2, 0.25) is 0 Å². The number of amides is 1. The van der Waals surface area contributed by atoms with Gasteiger partial charge < -0.3 is 20.7 Å². The highest BCUT2D eigenvalue weighted by Gasteiger charge is 2.24. The Kier molecular flexibility index (Phi) is 11.4. The van der Waals surface area contributed by atoms with Crippen LogP contribution in [0.4, 0.5) is 5.82 Å². The molecule has 1 unspecified atom stereocenters. The predicted molar refractivity (Wildman–Crippen MR) is 144 cm³/mol. The van der Waals surface area contributed by atoms with Gasteiger partial charge in [0.2, 0.25) is 5.91 Å². The largest absolute Gasteiger partial charge is 0.497 e. The minimum absolute atomic E-state index is 0. The Morgan fingerprint density at radius 2 is 2.00 bits per heavy atom. The van der Waals surface area contributed by atoms with E-state index in [2.05, 4.69) is 43.0 Å². The first-order chi connectivity index (χ1) is 15.6. The van der Waals surface area contributed by atoms with E-state index in [0.717, 1.165) is 24.4 Å². The Labute approximate surface area is 213 Å². The van der Waals surface area contributed by atoms with Gasteiger partial charge >= 0.3 is 0 Å². The number of carbonyl (C=O) groups excluding carboxylic acids is 1. The van der Waals surface area contributed by atoms with E-state index in [1.807, 2.05) is 25.1 Å². The zero-order chi connectivity index (χ0) is 22.8. The van der Waals surface area contributed by atoms with E-state index in [-0.39, 0.29) is 35.9 Å². The molecule has 1 amide bonds. The van der Waals surface area contributed by atoms with E-state index >= 15 is 0 Å². The van der Waals surface area contributed by atoms with Crippen molar-refractivity contribution in [2.75, 3.05) is 45.7 Å². The van der Waals surface area contributed by atoms with Gasteiger partial charge in [0.15, 0.2) is 5.96 Å². The Morgan fingerprint density at radius 1 is 1.21 bits per heavy atom. The molecule has 2 heterocycles. The van der Waals surface area contributed by atoms with Crippen molar-refractivity contribution >= 4 is 41.7 Å². The third-order valence-electron chi connectivity index (χ3n) is 5.57. The van der Waals surface area contributed by atoms with Crippen LogP contribution in [0.3, 0.4) is 0 Å². The lowest BCUT2D eigenvalue weighted by Crippen LogP contribution is -2.43. The number of guanidine groups is 1. The topological polar surface area (TPSA) is 90.9 Å². The first kappa shape index (κ1) is 26.8. The molecular weight excluding hydrogens is 531 g/mol. The molecular formula is C24H35IN6O2. The van der Waals surface area contributed by atoms with E-state index < -0.39 is 0 Å². The minimum Gasteiger partial charge on any atom is -0.497 e. The van der Waals surface area contributed by atoms with Gasteiger partial charge in [-0.2, -0.15) is 0 Å². The number of ether oxygens (including phenoxy) is 1. The molecule has 9 heteroatoms. The number of methoxy groups -OCH3 is 1. The second kappa shape index (κ2) is 14.0. The van der Waals surface area contributed by atoms with Crippen molar-refractivity contribution in [2.45, 2.75) is 32.2 Å². The third kappa shape index (κ3) is 8.47. The van der Waals surface area contributed by atoms with Gasteiger partial charge in [0.05, 0.1) is 13.2 Å². The lowest BCUT2D eigenvalue weighted by Gasteiger charge is -2.29. The summed E-state index contributed by atoms with van der Waals surface area (Å²) in [4.78, 5) is 23.2. The summed E-state index contributed by atoms with van der Waals surface area (Å²) in [5.41, 5.74) is 2.28. The highest BCUT2D eigenvalue weighted by Crippen LogP contribution is 2.27. The third-order valence-corrected chi connectivity index (χ3v) is 5.57. The SMILES string of the molecule is CN=C(NCCC(=O)Nc1ccc(C)cn1)NCC(c1cccc(OC)c1)N1CCCC1.I. The zero-order valence-corrected chi connectivity index (χ0v) is 22.0. The number of carbonyl (C=O) groups is 1. The fourth-order valence-electron chi connectivity index (χ4n) is 3.82. The van der Waals surface area contributed by atoms with E-state index in [0.29, 0.717) is 31.3 Å². The van der Waals surface area contributed by atoms with Crippen molar-refractivity contribution in [3.8, 4) is 5.75 Å². The predicted octanol–water partition coefficient (Wildman–Crippen LogP) is 3.35. The number of anilines is 1. The van der Waals surface area contributed by atoms with Crippen molar-refractivity contribution in [2.24, 2.45) is 4.99 Å². The van der Waals surface area contributed by atoms with Crippen molar-refractivity contribution in [1.29, 1.82) is 0 Å². The van der Waals surface area contributed by atoms with E-state index in [1.165, 1.54) is 18.4 Å². The highest BCUT2D eigenvalue weighted by atomic mass is 127. The molecule has 1 saturated heterocycles. The fraction of sp³-hybridized carbons (Fsp3) is 0.458. The van der Waals surface area contributed by atoms with Gasteiger partial charge in [-0.1, -0.05) is 18.2 Å². The molecule has 1 aliphatic heterocycles. The second-order valence-electron chi connectivity index (χ2n) is 7.93. The summed E-state index contributed by atoms with van der Waals surface area (Å²) in [6, 6.07) is 12.2. The van der Waals surface area contributed by atoms with Crippen LogP contribution in [0, 0.1) is 6.92 Å². The van der Waals surface area contributed by atoms with Crippen LogP contribution in [0.15, 0.2) is 47.6 Å². The number of likely N-dealkylation sites (tertiary alicyclic amines) is 1. The number of rotatable bonds is 9. The maximum absolute atomic E-state index is 12.2. The Hall–Kier alpha value is -2.40. The molecule has 0 spiro atoms. The molecule has 1 aromatic carbocycles. The Bertz CT molecular complexity index is 900. The number of aryl methyl sites for hydroxylation is 1. The number of nitrogens with zero attached hydrogens (tertiary/aromatic N) is 3. The van der Waals surface area contributed by atoms with Crippen LogP contribution in [-0.2, 0) is 4.79 Å². The molecule has 1 aromatic heterocycles. The highest BCUT2D eigenvalue weighted by molar-refractivity contribution is 14.0. The van der Waals surface area contributed by atoms with Gasteiger partial charge in [-0.15, -0.1) is 24.0 Å².